The molecule has 2 aromatic rings. The van der Waals surface area contributed by atoms with Gasteiger partial charge in [-0.1, -0.05) is 28.1 Å². The maximum absolute atomic E-state index is 12.7. The third-order valence-corrected chi connectivity index (χ3v) is 4.67. The highest BCUT2D eigenvalue weighted by Gasteiger charge is 2.33. The third kappa shape index (κ3) is 2.25. The van der Waals surface area contributed by atoms with E-state index in [2.05, 4.69) is 27.3 Å². The largest absolute Gasteiger partial charge is 0.384 e. The van der Waals surface area contributed by atoms with Crippen LogP contribution in [0.5, 0.6) is 0 Å². The lowest BCUT2D eigenvalue weighted by Gasteiger charge is -2.28. The minimum atomic E-state index is -0.634. The molecule has 0 radical (unpaired) electrons. The van der Waals surface area contributed by atoms with E-state index >= 15 is 0 Å². The molecule has 1 aliphatic heterocycles. The smallest absolute Gasteiger partial charge is 0.332 e. The van der Waals surface area contributed by atoms with Gasteiger partial charge in [-0.2, -0.15) is 5.26 Å². The summed E-state index contributed by atoms with van der Waals surface area (Å²) in [6.45, 7) is 0. The summed E-state index contributed by atoms with van der Waals surface area (Å²) >= 11 is 3.37. The van der Waals surface area contributed by atoms with Gasteiger partial charge in [-0.25, -0.2) is 4.79 Å². The Kier molecular flexibility index (Phi) is 3.81. The van der Waals surface area contributed by atoms with Gasteiger partial charge in [0, 0.05) is 18.6 Å². The molecule has 0 bridgehead atoms. The van der Waals surface area contributed by atoms with Crippen molar-refractivity contribution in [2.75, 3.05) is 5.32 Å². The van der Waals surface area contributed by atoms with Crippen LogP contribution in [0.2, 0.25) is 0 Å². The summed E-state index contributed by atoms with van der Waals surface area (Å²) in [5, 5.41) is 12.4. The molecule has 2 heterocycles. The van der Waals surface area contributed by atoms with Gasteiger partial charge >= 0.3 is 5.69 Å². The molecule has 1 atom stereocenters. The average Bonchev–Trinajstić information content (AvgIpc) is 2.57. The van der Waals surface area contributed by atoms with Crippen LogP contribution >= 0.6 is 15.9 Å². The number of nitriles is 1. The van der Waals surface area contributed by atoms with E-state index in [1.165, 1.54) is 11.6 Å². The molecule has 122 valence electrons. The predicted molar refractivity (Wildman–Crippen MR) is 93.4 cm³/mol. The van der Waals surface area contributed by atoms with Gasteiger partial charge in [-0.05, 0) is 17.7 Å². The van der Waals surface area contributed by atoms with E-state index in [1.54, 1.807) is 7.05 Å². The van der Waals surface area contributed by atoms with Gasteiger partial charge in [0.1, 0.15) is 11.6 Å². The van der Waals surface area contributed by atoms with Crippen LogP contribution in [0.4, 0.5) is 5.82 Å². The first-order valence-corrected chi connectivity index (χ1v) is 7.88. The number of hydrogen-bond acceptors (Lipinski definition) is 5. The number of nitrogens with zero attached hydrogens (tertiary/aromatic N) is 3. The van der Waals surface area contributed by atoms with Crippen LogP contribution in [0.25, 0.3) is 0 Å². The maximum atomic E-state index is 12.7. The Morgan fingerprint density at radius 2 is 1.83 bits per heavy atom. The molecule has 3 N–H and O–H groups in total. The fourth-order valence-electron chi connectivity index (χ4n) is 2.89. The van der Waals surface area contributed by atoms with Crippen molar-refractivity contribution in [2.45, 2.75) is 5.92 Å². The summed E-state index contributed by atoms with van der Waals surface area (Å²) in [6.07, 6.45) is 0. The topological polar surface area (TPSA) is 106 Å². The number of fused-ring (bicyclic) bond motifs is 1. The van der Waals surface area contributed by atoms with Crippen molar-refractivity contribution in [1.29, 1.82) is 5.26 Å². The Morgan fingerprint density at radius 1 is 1.21 bits per heavy atom. The fourth-order valence-corrected chi connectivity index (χ4v) is 3.15. The van der Waals surface area contributed by atoms with E-state index in [0.29, 0.717) is 11.4 Å². The number of hydrogen-bond donors (Lipinski definition) is 2. The first kappa shape index (κ1) is 16.1. The molecule has 3 rings (SSSR count). The summed E-state index contributed by atoms with van der Waals surface area (Å²) in [6, 6.07) is 9.38. The second-order valence-corrected chi connectivity index (χ2v) is 6.43. The maximum Gasteiger partial charge on any atom is 0.332 e. The van der Waals surface area contributed by atoms with Crippen molar-refractivity contribution in [2.24, 2.45) is 19.8 Å². The molecule has 0 fully saturated rings. The van der Waals surface area contributed by atoms with Crippen LogP contribution < -0.4 is 22.3 Å². The van der Waals surface area contributed by atoms with Crippen molar-refractivity contribution < 1.29 is 0 Å². The number of benzene rings is 1. The lowest BCUT2D eigenvalue weighted by molar-refractivity contribution is 0.664. The van der Waals surface area contributed by atoms with E-state index in [4.69, 9.17) is 5.73 Å². The molecule has 7 nitrogen and oxygen atoms in total. The van der Waals surface area contributed by atoms with E-state index in [1.807, 2.05) is 24.3 Å². The molecule has 24 heavy (non-hydrogen) atoms. The number of anilines is 1. The monoisotopic (exact) mass is 387 g/mol. The predicted octanol–water partition coefficient (Wildman–Crippen LogP) is 1.10. The second-order valence-electron chi connectivity index (χ2n) is 5.52. The number of nitrogens with two attached hydrogens (primary N) is 1. The SMILES string of the molecule is Cn1c2c(c(=O)n(C)c1=O)[C@H](c1ccc(Br)cc1)C(C#N)=C(N)N2. The van der Waals surface area contributed by atoms with Crippen LogP contribution in [-0.2, 0) is 14.1 Å². The van der Waals surface area contributed by atoms with E-state index in [0.717, 1.165) is 14.6 Å². The molecular weight excluding hydrogens is 374 g/mol. The number of nitrogens with one attached hydrogen (secondary N) is 1. The van der Waals surface area contributed by atoms with Crippen molar-refractivity contribution in [3.05, 3.63) is 72.1 Å². The van der Waals surface area contributed by atoms with Crippen LogP contribution in [0.15, 0.2) is 49.7 Å². The van der Waals surface area contributed by atoms with Gasteiger partial charge < -0.3 is 11.1 Å². The van der Waals surface area contributed by atoms with E-state index < -0.39 is 17.2 Å². The van der Waals surface area contributed by atoms with Crippen molar-refractivity contribution in [1.82, 2.24) is 9.13 Å². The molecule has 0 aliphatic carbocycles. The van der Waals surface area contributed by atoms with Gasteiger partial charge in [0.25, 0.3) is 5.56 Å². The molecule has 0 amide bonds. The summed E-state index contributed by atoms with van der Waals surface area (Å²) in [5.41, 5.74) is 6.39. The summed E-state index contributed by atoms with van der Waals surface area (Å²) in [7, 11) is 2.97. The lowest BCUT2D eigenvalue weighted by Crippen LogP contribution is -2.43. The van der Waals surface area contributed by atoms with Crippen LogP contribution in [0, 0.1) is 11.3 Å². The Hall–Kier alpha value is -2.79. The van der Waals surface area contributed by atoms with Crippen LogP contribution in [0.3, 0.4) is 0 Å². The van der Waals surface area contributed by atoms with Crippen LogP contribution in [0.1, 0.15) is 17.0 Å². The molecular formula is C16H14BrN5O2. The number of aromatic nitrogens is 2. The minimum absolute atomic E-state index is 0.140. The normalized spacial score (nSPS) is 16.3. The third-order valence-electron chi connectivity index (χ3n) is 4.14. The molecule has 0 saturated carbocycles. The number of halogens is 1. The number of allylic oxidation sites excluding steroid dienone is 1. The molecule has 1 aromatic carbocycles. The molecule has 1 aromatic heterocycles. The molecule has 1 aliphatic rings. The molecule has 8 heteroatoms. The first-order chi connectivity index (χ1) is 11.4. The highest BCUT2D eigenvalue weighted by Crippen LogP contribution is 2.38. The standard InChI is InChI=1S/C16H14BrN5O2/c1-21-14-12(15(23)22(2)16(21)24)11(10(7-18)13(19)20-14)8-3-5-9(17)6-4-8/h3-6,11,20H,19H2,1-2H3/t11-/m1/s1. The summed E-state index contributed by atoms with van der Waals surface area (Å²) in [4.78, 5) is 24.9. The number of rotatable bonds is 1. The lowest BCUT2D eigenvalue weighted by atomic mass is 9.84. The zero-order chi connectivity index (χ0) is 17.6. The second kappa shape index (κ2) is 5.69. The Labute approximate surface area is 145 Å². The van der Waals surface area contributed by atoms with Gasteiger partial charge in [0.2, 0.25) is 0 Å². The fraction of sp³-hybridized carbons (Fsp3) is 0.188. The van der Waals surface area contributed by atoms with E-state index in [9.17, 15) is 14.9 Å². The van der Waals surface area contributed by atoms with Gasteiger partial charge in [0.05, 0.1) is 23.1 Å². The average molecular weight is 388 g/mol. The first-order valence-electron chi connectivity index (χ1n) is 7.09. The molecule has 0 unspecified atom stereocenters. The Bertz CT molecular complexity index is 1020. The zero-order valence-corrected chi connectivity index (χ0v) is 14.6. The van der Waals surface area contributed by atoms with E-state index in [-0.39, 0.29) is 11.4 Å². The van der Waals surface area contributed by atoms with Gasteiger partial charge in [0.15, 0.2) is 0 Å². The Balaban J connectivity index is 2.41. The summed E-state index contributed by atoms with van der Waals surface area (Å²) in [5.74, 6) is -0.182. The quantitative estimate of drug-likeness (QED) is 0.761. The highest BCUT2D eigenvalue weighted by molar-refractivity contribution is 9.10. The summed E-state index contributed by atoms with van der Waals surface area (Å²) < 4.78 is 3.23. The minimum Gasteiger partial charge on any atom is -0.384 e. The van der Waals surface area contributed by atoms with Crippen LogP contribution in [-0.4, -0.2) is 9.13 Å². The van der Waals surface area contributed by atoms with Crippen molar-refractivity contribution in [3.8, 4) is 6.07 Å². The Morgan fingerprint density at radius 3 is 2.42 bits per heavy atom. The van der Waals surface area contributed by atoms with Gasteiger partial charge in [-0.3, -0.25) is 13.9 Å². The highest BCUT2D eigenvalue weighted by atomic mass is 79.9. The molecule has 0 spiro atoms. The molecule has 0 saturated heterocycles. The van der Waals surface area contributed by atoms with Gasteiger partial charge in [-0.15, -0.1) is 0 Å². The zero-order valence-electron chi connectivity index (χ0n) is 13.0. The van der Waals surface area contributed by atoms with Crippen molar-refractivity contribution in [3.63, 3.8) is 0 Å². The van der Waals surface area contributed by atoms with Crippen molar-refractivity contribution >= 4 is 21.7 Å².